The minimum Gasteiger partial charge on any atom is -0.466 e. The molecule has 0 aliphatic heterocycles. The number of allylic oxidation sites excluding steroid dienone is 5. The Bertz CT molecular complexity index is 1020. The van der Waals surface area contributed by atoms with Crippen LogP contribution in [0.5, 0.6) is 0 Å². The van der Waals surface area contributed by atoms with Gasteiger partial charge in [-0.25, -0.2) is 0 Å². The normalized spacial score (nSPS) is 12.9. The highest BCUT2D eigenvalue weighted by atomic mass is 16.5. The summed E-state index contributed by atoms with van der Waals surface area (Å²) in [7, 11) is 0. The van der Waals surface area contributed by atoms with Crippen molar-refractivity contribution < 1.29 is 24.5 Å². The van der Waals surface area contributed by atoms with Crippen LogP contribution in [0.15, 0.2) is 36.5 Å². The molecule has 0 spiro atoms. The number of carbonyl (C=O) groups is 2. The maximum atomic E-state index is 12.4. The zero-order chi connectivity index (χ0) is 45.8. The van der Waals surface area contributed by atoms with Gasteiger partial charge in [0, 0.05) is 12.8 Å². The summed E-state index contributed by atoms with van der Waals surface area (Å²) in [6.07, 6.45) is 64.4. The van der Waals surface area contributed by atoms with Gasteiger partial charge in [0.1, 0.15) is 0 Å². The molecule has 0 fully saturated rings. The quantitative estimate of drug-likeness (QED) is 0.0321. The number of carbonyl (C=O) groups excluding carboxylic acids is 2. The molecule has 0 aliphatic rings. The second-order valence-corrected chi connectivity index (χ2v) is 18.9. The number of aliphatic hydroxyl groups is 2. The molecule has 0 aromatic carbocycles. The van der Waals surface area contributed by atoms with Crippen LogP contribution in [0, 0.1) is 0 Å². The predicted molar refractivity (Wildman–Crippen MR) is 273 cm³/mol. The Labute approximate surface area is 392 Å². The van der Waals surface area contributed by atoms with E-state index in [9.17, 15) is 19.8 Å². The van der Waals surface area contributed by atoms with Gasteiger partial charge in [-0.3, -0.25) is 9.59 Å². The van der Waals surface area contributed by atoms with Gasteiger partial charge in [-0.05, 0) is 77.0 Å². The number of ether oxygens (including phenoxy) is 1. The molecule has 0 rings (SSSR count). The van der Waals surface area contributed by atoms with E-state index < -0.39 is 12.1 Å². The van der Waals surface area contributed by atoms with Crippen molar-refractivity contribution >= 4 is 11.9 Å². The van der Waals surface area contributed by atoms with Crippen LogP contribution < -0.4 is 5.32 Å². The van der Waals surface area contributed by atoms with Crippen LogP contribution in [0.4, 0.5) is 0 Å². The molecule has 370 valence electrons. The summed E-state index contributed by atoms with van der Waals surface area (Å²) in [5.74, 6) is -0.0911. The van der Waals surface area contributed by atoms with Crippen molar-refractivity contribution in [3.63, 3.8) is 0 Å². The highest BCUT2D eigenvalue weighted by Gasteiger charge is 2.18. The van der Waals surface area contributed by atoms with Crippen molar-refractivity contribution in [2.75, 3.05) is 13.2 Å². The Hall–Kier alpha value is -1.92. The van der Waals surface area contributed by atoms with E-state index in [1.54, 1.807) is 6.08 Å². The van der Waals surface area contributed by atoms with E-state index in [1.165, 1.54) is 199 Å². The molecule has 0 aliphatic carbocycles. The molecule has 2 atom stereocenters. The molecule has 0 aromatic rings. The van der Waals surface area contributed by atoms with Gasteiger partial charge < -0.3 is 20.3 Å². The molecule has 6 nitrogen and oxygen atoms in total. The molecular weight excluding hydrogens is 779 g/mol. The van der Waals surface area contributed by atoms with Crippen molar-refractivity contribution in [2.45, 2.75) is 302 Å². The molecule has 0 saturated carbocycles. The second-order valence-electron chi connectivity index (χ2n) is 18.9. The van der Waals surface area contributed by atoms with Crippen molar-refractivity contribution in [1.82, 2.24) is 5.32 Å². The van der Waals surface area contributed by atoms with E-state index in [1.807, 2.05) is 6.08 Å². The number of nitrogens with one attached hydrogen (secondary N) is 1. The first-order valence-corrected chi connectivity index (χ1v) is 27.8. The number of rotatable bonds is 51. The fourth-order valence-corrected chi connectivity index (χ4v) is 8.31. The van der Waals surface area contributed by atoms with Crippen LogP contribution in [-0.4, -0.2) is 47.4 Å². The van der Waals surface area contributed by atoms with Crippen molar-refractivity contribution in [1.29, 1.82) is 0 Å². The Morgan fingerprint density at radius 2 is 0.762 bits per heavy atom. The van der Waals surface area contributed by atoms with Crippen molar-refractivity contribution in [3.8, 4) is 0 Å². The fraction of sp³-hybridized carbons (Fsp3) is 0.860. The van der Waals surface area contributed by atoms with E-state index in [4.69, 9.17) is 4.74 Å². The first kappa shape index (κ1) is 61.1. The molecule has 0 bridgehead atoms. The number of aliphatic hydroxyl groups excluding tert-OH is 2. The maximum Gasteiger partial charge on any atom is 0.305 e. The first-order valence-electron chi connectivity index (χ1n) is 27.8. The SMILES string of the molecule is CCCC/C=C\CCCCCCCC(=O)OCCCCCCCCCCC/C=C\CCCCCCCC(=O)NC(CO)C(O)/C=C/CCCCCCCCCCCCCCCCC. The topological polar surface area (TPSA) is 95.9 Å². The zero-order valence-corrected chi connectivity index (χ0v) is 42.1. The van der Waals surface area contributed by atoms with E-state index in [0.717, 1.165) is 64.2 Å². The van der Waals surface area contributed by atoms with Crippen LogP contribution >= 0.6 is 0 Å². The average molecular weight is 886 g/mol. The molecule has 0 radical (unpaired) electrons. The van der Waals surface area contributed by atoms with Crippen LogP contribution in [0.1, 0.15) is 290 Å². The Morgan fingerprint density at radius 3 is 1.17 bits per heavy atom. The van der Waals surface area contributed by atoms with Crippen LogP contribution in [0.3, 0.4) is 0 Å². The minimum atomic E-state index is -0.853. The summed E-state index contributed by atoms with van der Waals surface area (Å²) >= 11 is 0. The summed E-state index contributed by atoms with van der Waals surface area (Å²) < 4.78 is 5.44. The van der Waals surface area contributed by atoms with E-state index in [-0.39, 0.29) is 18.5 Å². The number of unbranched alkanes of at least 4 members (excludes halogenated alkanes) is 36. The maximum absolute atomic E-state index is 12.4. The molecule has 6 heteroatoms. The summed E-state index contributed by atoms with van der Waals surface area (Å²) in [6.45, 7) is 4.85. The van der Waals surface area contributed by atoms with E-state index >= 15 is 0 Å². The summed E-state index contributed by atoms with van der Waals surface area (Å²) in [5, 5.41) is 23.1. The third-order valence-corrected chi connectivity index (χ3v) is 12.6. The average Bonchev–Trinajstić information content (AvgIpc) is 3.28. The smallest absolute Gasteiger partial charge is 0.305 e. The van der Waals surface area contributed by atoms with Gasteiger partial charge in [-0.1, -0.05) is 237 Å². The number of hydrogen-bond acceptors (Lipinski definition) is 5. The molecule has 0 saturated heterocycles. The summed E-state index contributed by atoms with van der Waals surface area (Å²) in [5.41, 5.74) is 0. The lowest BCUT2D eigenvalue weighted by Gasteiger charge is -2.20. The number of esters is 1. The Kier molecular flexibility index (Phi) is 51.1. The lowest BCUT2D eigenvalue weighted by Crippen LogP contribution is -2.45. The van der Waals surface area contributed by atoms with Gasteiger partial charge in [0.25, 0.3) is 0 Å². The number of amides is 1. The third kappa shape index (κ3) is 49.4. The minimum absolute atomic E-state index is 0.00935. The van der Waals surface area contributed by atoms with Crippen LogP contribution in [0.25, 0.3) is 0 Å². The number of hydrogen-bond donors (Lipinski definition) is 3. The van der Waals surface area contributed by atoms with Crippen LogP contribution in [0.2, 0.25) is 0 Å². The molecule has 2 unspecified atom stereocenters. The van der Waals surface area contributed by atoms with E-state index in [2.05, 4.69) is 43.5 Å². The third-order valence-electron chi connectivity index (χ3n) is 12.6. The fourth-order valence-electron chi connectivity index (χ4n) is 8.31. The van der Waals surface area contributed by atoms with Gasteiger partial charge in [0.15, 0.2) is 0 Å². The van der Waals surface area contributed by atoms with Gasteiger partial charge in [-0.15, -0.1) is 0 Å². The van der Waals surface area contributed by atoms with Gasteiger partial charge in [-0.2, -0.15) is 0 Å². The van der Waals surface area contributed by atoms with Gasteiger partial charge >= 0.3 is 5.97 Å². The predicted octanol–water partition coefficient (Wildman–Crippen LogP) is 16.9. The lowest BCUT2D eigenvalue weighted by atomic mass is 10.0. The molecule has 63 heavy (non-hydrogen) atoms. The standard InChI is InChI=1S/C57H107NO5/c1-3-5-7-9-11-13-15-16-17-20-23-26-30-33-37-41-45-49-55(60)54(53-59)58-56(61)50-46-42-38-34-31-27-24-21-18-19-22-25-28-32-36-40-44-48-52-63-57(62)51-47-43-39-35-29-14-12-10-8-6-4-2/h10,12,21,24,45,49,54-55,59-60H,3-9,11,13-20,22-23,25-44,46-48,50-53H2,1-2H3,(H,58,61)/b12-10-,24-21-,49-45+. The van der Waals surface area contributed by atoms with Gasteiger partial charge in [0.05, 0.1) is 25.4 Å². The summed E-state index contributed by atoms with van der Waals surface area (Å²) in [6, 6.07) is -0.638. The van der Waals surface area contributed by atoms with E-state index in [0.29, 0.717) is 19.4 Å². The lowest BCUT2D eigenvalue weighted by molar-refractivity contribution is -0.143. The van der Waals surface area contributed by atoms with Crippen molar-refractivity contribution in [2.24, 2.45) is 0 Å². The Morgan fingerprint density at radius 1 is 0.429 bits per heavy atom. The Balaban J connectivity index is 3.50. The van der Waals surface area contributed by atoms with Crippen LogP contribution in [-0.2, 0) is 14.3 Å². The first-order chi connectivity index (χ1) is 31.0. The molecule has 0 aromatic heterocycles. The highest BCUT2D eigenvalue weighted by molar-refractivity contribution is 5.76. The molecule has 0 heterocycles. The highest BCUT2D eigenvalue weighted by Crippen LogP contribution is 2.16. The molecule has 1 amide bonds. The van der Waals surface area contributed by atoms with Crippen molar-refractivity contribution in [3.05, 3.63) is 36.5 Å². The summed E-state index contributed by atoms with van der Waals surface area (Å²) in [4.78, 5) is 24.4. The second kappa shape index (κ2) is 52.7. The van der Waals surface area contributed by atoms with Gasteiger partial charge in [0.2, 0.25) is 5.91 Å². The largest absolute Gasteiger partial charge is 0.466 e. The molecular formula is C57H107NO5. The molecule has 3 N–H and O–H groups in total. The zero-order valence-electron chi connectivity index (χ0n) is 42.1. The monoisotopic (exact) mass is 886 g/mol.